The Hall–Kier alpha value is -2.96. The van der Waals surface area contributed by atoms with E-state index >= 15 is 0 Å². The van der Waals surface area contributed by atoms with Crippen molar-refractivity contribution in [1.29, 1.82) is 0 Å². The zero-order valence-electron chi connectivity index (χ0n) is 13.0. The molecule has 0 fully saturated rings. The van der Waals surface area contributed by atoms with Gasteiger partial charge in [0.15, 0.2) is 5.78 Å². The molecule has 1 aromatic carbocycles. The van der Waals surface area contributed by atoms with Gasteiger partial charge in [-0.2, -0.15) is 5.10 Å². The van der Waals surface area contributed by atoms with Crippen LogP contribution in [0.5, 0.6) is 5.75 Å². The lowest BCUT2D eigenvalue weighted by atomic mass is 10.1. The van der Waals surface area contributed by atoms with Gasteiger partial charge in [-0.15, -0.1) is 0 Å². The second-order valence-corrected chi connectivity index (χ2v) is 4.86. The lowest BCUT2D eigenvalue weighted by molar-refractivity contribution is -0.121. The number of imidazole rings is 1. The quantitative estimate of drug-likeness (QED) is 0.463. The van der Waals surface area contributed by atoms with Crippen LogP contribution in [-0.2, 0) is 4.79 Å². The van der Waals surface area contributed by atoms with Crippen LogP contribution in [-0.4, -0.2) is 35.0 Å². The molecule has 2 rings (SSSR count). The monoisotopic (exact) mass is 314 g/mol. The number of nitrogens with zero attached hydrogens (tertiary/aromatic N) is 2. The van der Waals surface area contributed by atoms with Gasteiger partial charge in [-0.05, 0) is 31.2 Å². The third-order valence-electron chi connectivity index (χ3n) is 3.24. The van der Waals surface area contributed by atoms with Gasteiger partial charge in [-0.3, -0.25) is 9.59 Å². The molecule has 0 radical (unpaired) electrons. The second-order valence-electron chi connectivity index (χ2n) is 4.86. The second kappa shape index (κ2) is 7.88. The first-order valence-electron chi connectivity index (χ1n) is 7.09. The van der Waals surface area contributed by atoms with E-state index in [2.05, 4.69) is 20.5 Å². The zero-order valence-corrected chi connectivity index (χ0v) is 13.0. The van der Waals surface area contributed by atoms with Gasteiger partial charge >= 0.3 is 0 Å². The molecular weight excluding hydrogens is 296 g/mol. The Labute approximate surface area is 133 Å². The fraction of sp³-hybridized carbons (Fsp3) is 0.250. The molecule has 2 aromatic rings. The molecule has 0 bridgehead atoms. The van der Waals surface area contributed by atoms with Crippen LogP contribution in [0, 0.1) is 6.92 Å². The van der Waals surface area contributed by atoms with E-state index < -0.39 is 0 Å². The number of hydrazone groups is 1. The Morgan fingerprint density at radius 2 is 2.04 bits per heavy atom. The number of aromatic nitrogens is 2. The fourth-order valence-electron chi connectivity index (χ4n) is 1.87. The summed E-state index contributed by atoms with van der Waals surface area (Å²) >= 11 is 0. The van der Waals surface area contributed by atoms with E-state index in [9.17, 15) is 9.59 Å². The molecule has 7 nitrogen and oxygen atoms in total. The van der Waals surface area contributed by atoms with Crippen LogP contribution in [0.15, 0.2) is 35.7 Å². The lowest BCUT2D eigenvalue weighted by Gasteiger charge is -2.03. The van der Waals surface area contributed by atoms with Crippen molar-refractivity contribution in [3.05, 3.63) is 47.5 Å². The van der Waals surface area contributed by atoms with Crippen molar-refractivity contribution in [2.45, 2.75) is 19.8 Å². The first-order chi connectivity index (χ1) is 11.1. The highest BCUT2D eigenvalue weighted by atomic mass is 16.5. The van der Waals surface area contributed by atoms with Crippen LogP contribution in [0.4, 0.5) is 0 Å². The maximum atomic E-state index is 12.0. The maximum Gasteiger partial charge on any atom is 0.240 e. The van der Waals surface area contributed by atoms with Gasteiger partial charge in [0.05, 0.1) is 19.7 Å². The van der Waals surface area contributed by atoms with Crippen molar-refractivity contribution >= 4 is 17.9 Å². The highest BCUT2D eigenvalue weighted by molar-refractivity contribution is 5.98. The number of Topliss-reactive ketones (excluding diaryl/α,β-unsaturated/α-hetero) is 1. The molecule has 0 saturated heterocycles. The molecule has 7 heteroatoms. The minimum atomic E-state index is -0.323. The van der Waals surface area contributed by atoms with Crippen LogP contribution in [0.3, 0.4) is 0 Å². The number of methoxy groups -OCH3 is 1. The molecule has 0 unspecified atom stereocenters. The van der Waals surface area contributed by atoms with Crippen molar-refractivity contribution in [1.82, 2.24) is 15.4 Å². The van der Waals surface area contributed by atoms with Crippen molar-refractivity contribution in [2.24, 2.45) is 5.10 Å². The average molecular weight is 314 g/mol. The van der Waals surface area contributed by atoms with E-state index in [1.807, 2.05) is 6.92 Å². The Bertz CT molecular complexity index is 704. The molecule has 2 N–H and O–H groups in total. The summed E-state index contributed by atoms with van der Waals surface area (Å²) < 4.78 is 5.03. The molecule has 0 aliphatic rings. The average Bonchev–Trinajstić information content (AvgIpc) is 2.98. The predicted molar refractivity (Wildman–Crippen MR) is 85.6 cm³/mol. The van der Waals surface area contributed by atoms with Gasteiger partial charge in [-0.1, -0.05) is 0 Å². The van der Waals surface area contributed by atoms with Gasteiger partial charge in [0.25, 0.3) is 0 Å². The number of aromatic amines is 1. The number of aryl methyl sites for hydroxylation is 1. The first kappa shape index (κ1) is 16.4. The number of hydrogen-bond donors (Lipinski definition) is 2. The Balaban J connectivity index is 1.78. The number of hydrogen-bond acceptors (Lipinski definition) is 5. The van der Waals surface area contributed by atoms with Gasteiger partial charge in [0.1, 0.15) is 11.4 Å². The van der Waals surface area contributed by atoms with Crippen molar-refractivity contribution < 1.29 is 14.3 Å². The van der Waals surface area contributed by atoms with Crippen molar-refractivity contribution in [2.75, 3.05) is 7.11 Å². The SMILES string of the molecule is COc1ccc(C(=O)CCC(=O)N/N=C/c2nc[nH]c2C)cc1. The van der Waals surface area contributed by atoms with Crippen LogP contribution < -0.4 is 10.2 Å². The summed E-state index contributed by atoms with van der Waals surface area (Å²) in [6, 6.07) is 6.78. The summed E-state index contributed by atoms with van der Waals surface area (Å²) in [5.74, 6) is 0.258. The summed E-state index contributed by atoms with van der Waals surface area (Å²) in [5, 5.41) is 3.81. The number of ether oxygens (including phenoxy) is 1. The molecule has 1 aromatic heterocycles. The zero-order chi connectivity index (χ0) is 16.7. The van der Waals surface area contributed by atoms with Crippen molar-refractivity contribution in [3.8, 4) is 5.75 Å². The smallest absolute Gasteiger partial charge is 0.240 e. The highest BCUT2D eigenvalue weighted by Gasteiger charge is 2.09. The van der Waals surface area contributed by atoms with Gasteiger partial charge < -0.3 is 9.72 Å². The van der Waals surface area contributed by atoms with E-state index in [0.29, 0.717) is 17.0 Å². The van der Waals surface area contributed by atoms with Gasteiger partial charge in [-0.25, -0.2) is 10.4 Å². The topological polar surface area (TPSA) is 96.4 Å². The van der Waals surface area contributed by atoms with Crippen LogP contribution in [0.2, 0.25) is 0 Å². The van der Waals surface area contributed by atoms with E-state index in [1.54, 1.807) is 37.7 Å². The molecule has 0 aliphatic heterocycles. The van der Waals surface area contributed by atoms with Crippen LogP contribution >= 0.6 is 0 Å². The summed E-state index contributed by atoms with van der Waals surface area (Å²) in [4.78, 5) is 30.6. The number of benzene rings is 1. The highest BCUT2D eigenvalue weighted by Crippen LogP contribution is 2.13. The van der Waals surface area contributed by atoms with Crippen molar-refractivity contribution in [3.63, 3.8) is 0 Å². The molecule has 1 amide bonds. The lowest BCUT2D eigenvalue weighted by Crippen LogP contribution is -2.18. The summed E-state index contributed by atoms with van der Waals surface area (Å²) in [6.07, 6.45) is 3.19. The third kappa shape index (κ3) is 4.77. The van der Waals surface area contributed by atoms with Gasteiger partial charge in [0, 0.05) is 24.1 Å². The number of carbonyl (C=O) groups excluding carboxylic acids is 2. The number of amides is 1. The Kier molecular flexibility index (Phi) is 5.62. The number of rotatable bonds is 7. The summed E-state index contributed by atoms with van der Waals surface area (Å²) in [7, 11) is 1.56. The summed E-state index contributed by atoms with van der Waals surface area (Å²) in [5.41, 5.74) is 4.44. The molecular formula is C16H18N4O3. The standard InChI is InChI=1S/C16H18N4O3/c1-11-14(18-10-17-11)9-19-20-16(22)8-7-15(21)12-3-5-13(23-2)6-4-12/h3-6,9-10H,7-8H2,1-2H3,(H,17,18)(H,20,22)/b19-9+. The number of nitrogens with one attached hydrogen (secondary N) is 2. The van der Waals surface area contributed by atoms with Crippen LogP contribution in [0.1, 0.15) is 34.6 Å². The largest absolute Gasteiger partial charge is 0.497 e. The molecule has 0 saturated carbocycles. The molecule has 0 spiro atoms. The minimum Gasteiger partial charge on any atom is -0.497 e. The van der Waals surface area contributed by atoms with E-state index in [1.165, 1.54) is 6.21 Å². The molecule has 120 valence electrons. The minimum absolute atomic E-state index is 0.0712. The molecule has 23 heavy (non-hydrogen) atoms. The molecule has 1 heterocycles. The predicted octanol–water partition coefficient (Wildman–Crippen LogP) is 1.84. The summed E-state index contributed by atoms with van der Waals surface area (Å²) in [6.45, 7) is 1.85. The van der Waals surface area contributed by atoms with E-state index in [-0.39, 0.29) is 24.5 Å². The third-order valence-corrected chi connectivity index (χ3v) is 3.24. The maximum absolute atomic E-state index is 12.0. The molecule has 0 aliphatic carbocycles. The first-order valence-corrected chi connectivity index (χ1v) is 7.09. The number of H-pyrrole nitrogens is 1. The van der Waals surface area contributed by atoms with E-state index in [0.717, 1.165) is 5.69 Å². The van der Waals surface area contributed by atoms with Gasteiger partial charge in [0.2, 0.25) is 5.91 Å². The number of carbonyl (C=O) groups is 2. The Morgan fingerprint density at radius 3 is 2.65 bits per heavy atom. The Morgan fingerprint density at radius 1 is 1.30 bits per heavy atom. The number of ketones is 1. The van der Waals surface area contributed by atoms with Crippen LogP contribution in [0.25, 0.3) is 0 Å². The van der Waals surface area contributed by atoms with E-state index in [4.69, 9.17) is 4.74 Å². The fourth-order valence-corrected chi connectivity index (χ4v) is 1.87. The molecule has 0 atom stereocenters. The normalized spacial score (nSPS) is 10.7.